The molecular weight excluding hydrogens is 380 g/mol. The molecule has 5 rings (SSSR count). The molecule has 0 radical (unpaired) electrons. The highest BCUT2D eigenvalue weighted by molar-refractivity contribution is 5.86. The van der Waals surface area contributed by atoms with Crippen molar-refractivity contribution in [1.82, 2.24) is 14.7 Å². The standard InChI is InChI=1S/C22H24N6O2/c23-8-13-2-1-3-14(4-13)10-27-17-7-20(22(27)30)26(11-17)12-18(25)21(29)28-16(9-24)5-15-6-19(15)28/h1-4,15-20H,5-7,10-12,25H2/t15-,16+,17?,18+,19+,20+/m1/s1. The molecule has 0 spiro atoms. The Bertz CT molecular complexity index is 981. The van der Waals surface area contributed by atoms with Crippen LogP contribution in [0.15, 0.2) is 24.3 Å². The van der Waals surface area contributed by atoms with E-state index in [4.69, 9.17) is 11.0 Å². The van der Waals surface area contributed by atoms with Gasteiger partial charge in [0.2, 0.25) is 11.8 Å². The Balaban J connectivity index is 1.21. The molecule has 2 bridgehead atoms. The van der Waals surface area contributed by atoms with E-state index >= 15 is 0 Å². The van der Waals surface area contributed by atoms with Crippen LogP contribution in [-0.2, 0) is 16.1 Å². The molecule has 4 fully saturated rings. The molecule has 1 aromatic carbocycles. The van der Waals surface area contributed by atoms with Crippen LogP contribution in [-0.4, -0.2) is 69.8 Å². The van der Waals surface area contributed by atoms with Crippen LogP contribution in [0.4, 0.5) is 0 Å². The SMILES string of the molecule is N#Cc1cccc(CN2C(=O)[C@@H]3CC2CN3C[C@H](N)C(=O)N2[C@H](C#N)C[C@@H]3C[C@@H]32)c1. The largest absolute Gasteiger partial charge is 0.333 e. The van der Waals surface area contributed by atoms with E-state index in [0.717, 1.165) is 24.8 Å². The van der Waals surface area contributed by atoms with Crippen molar-refractivity contribution in [3.8, 4) is 12.1 Å². The summed E-state index contributed by atoms with van der Waals surface area (Å²) in [6.07, 6.45) is 2.48. The number of likely N-dealkylation sites (tertiary alicyclic amines) is 3. The van der Waals surface area contributed by atoms with Gasteiger partial charge in [0, 0.05) is 31.7 Å². The summed E-state index contributed by atoms with van der Waals surface area (Å²) in [6, 6.07) is 10.7. The van der Waals surface area contributed by atoms with Crippen molar-refractivity contribution in [2.75, 3.05) is 13.1 Å². The lowest BCUT2D eigenvalue weighted by atomic mass is 10.1. The average Bonchev–Trinajstić information content (AvgIpc) is 3.09. The van der Waals surface area contributed by atoms with Gasteiger partial charge in [-0.2, -0.15) is 10.5 Å². The number of hydrogen-bond acceptors (Lipinski definition) is 6. The Morgan fingerprint density at radius 3 is 2.83 bits per heavy atom. The lowest BCUT2D eigenvalue weighted by Crippen LogP contribution is -2.56. The topological polar surface area (TPSA) is 117 Å². The number of amides is 2. The first-order valence-corrected chi connectivity index (χ1v) is 10.5. The first-order chi connectivity index (χ1) is 14.5. The van der Waals surface area contributed by atoms with Gasteiger partial charge in [-0.05, 0) is 42.9 Å². The van der Waals surface area contributed by atoms with Crippen molar-refractivity contribution in [3.63, 3.8) is 0 Å². The maximum absolute atomic E-state index is 12.9. The van der Waals surface area contributed by atoms with Crippen LogP contribution in [0.25, 0.3) is 0 Å². The number of nitrogens with zero attached hydrogens (tertiary/aromatic N) is 5. The Labute approximate surface area is 175 Å². The van der Waals surface area contributed by atoms with E-state index in [1.807, 2.05) is 28.0 Å². The van der Waals surface area contributed by atoms with Crippen LogP contribution in [0.5, 0.6) is 0 Å². The van der Waals surface area contributed by atoms with Crippen LogP contribution < -0.4 is 5.73 Å². The number of carbonyl (C=O) groups excluding carboxylic acids is 2. The normalized spacial score (nSPS) is 32.6. The maximum atomic E-state index is 12.9. The minimum atomic E-state index is -0.715. The van der Waals surface area contributed by atoms with E-state index in [1.165, 1.54) is 0 Å². The molecule has 3 aliphatic heterocycles. The van der Waals surface area contributed by atoms with Crippen LogP contribution in [0.2, 0.25) is 0 Å². The summed E-state index contributed by atoms with van der Waals surface area (Å²) in [4.78, 5) is 31.4. The van der Waals surface area contributed by atoms with Crippen molar-refractivity contribution in [2.45, 2.75) is 56.0 Å². The van der Waals surface area contributed by atoms with E-state index < -0.39 is 6.04 Å². The third-order valence-corrected chi connectivity index (χ3v) is 7.06. The molecule has 1 aromatic rings. The first kappa shape index (κ1) is 19.0. The number of rotatable bonds is 5. The van der Waals surface area contributed by atoms with Gasteiger partial charge in [0.1, 0.15) is 6.04 Å². The molecule has 154 valence electrons. The highest BCUT2D eigenvalue weighted by atomic mass is 16.2. The number of fused-ring (bicyclic) bond motifs is 3. The van der Waals surface area contributed by atoms with Crippen molar-refractivity contribution >= 4 is 11.8 Å². The second kappa shape index (κ2) is 7.09. The van der Waals surface area contributed by atoms with Crippen molar-refractivity contribution in [2.24, 2.45) is 11.7 Å². The molecule has 1 unspecified atom stereocenters. The molecule has 2 N–H and O–H groups in total. The summed E-state index contributed by atoms with van der Waals surface area (Å²) in [5.74, 6) is 0.363. The zero-order chi connectivity index (χ0) is 21.0. The minimum Gasteiger partial charge on any atom is -0.333 e. The highest BCUT2D eigenvalue weighted by Gasteiger charge is 2.55. The quantitative estimate of drug-likeness (QED) is 0.748. The average molecular weight is 404 g/mol. The van der Waals surface area contributed by atoms with Crippen LogP contribution in [0.3, 0.4) is 0 Å². The van der Waals surface area contributed by atoms with Gasteiger partial charge in [-0.15, -0.1) is 0 Å². The lowest BCUT2D eigenvalue weighted by Gasteiger charge is -2.35. The third kappa shape index (κ3) is 3.04. The van der Waals surface area contributed by atoms with E-state index in [1.54, 1.807) is 11.0 Å². The summed E-state index contributed by atoms with van der Waals surface area (Å²) in [7, 11) is 0. The van der Waals surface area contributed by atoms with Gasteiger partial charge in [-0.3, -0.25) is 14.5 Å². The molecule has 8 heteroatoms. The molecular formula is C22H24N6O2. The highest BCUT2D eigenvalue weighted by Crippen LogP contribution is 2.47. The fraction of sp³-hybridized carbons (Fsp3) is 0.545. The molecule has 1 saturated carbocycles. The lowest BCUT2D eigenvalue weighted by molar-refractivity contribution is -0.139. The number of hydrogen-bond donors (Lipinski definition) is 1. The van der Waals surface area contributed by atoms with Gasteiger partial charge in [0.25, 0.3) is 0 Å². The molecule has 2 amide bonds. The van der Waals surface area contributed by atoms with E-state index in [0.29, 0.717) is 31.1 Å². The van der Waals surface area contributed by atoms with Crippen LogP contribution >= 0.6 is 0 Å². The van der Waals surface area contributed by atoms with Gasteiger partial charge in [0.15, 0.2) is 0 Å². The predicted octanol–water partition coefficient (Wildman–Crippen LogP) is 0.184. The molecule has 0 aromatic heterocycles. The van der Waals surface area contributed by atoms with Crippen LogP contribution in [0, 0.1) is 28.6 Å². The van der Waals surface area contributed by atoms with E-state index in [-0.39, 0.29) is 36.0 Å². The fourth-order valence-electron chi connectivity index (χ4n) is 5.49. The summed E-state index contributed by atoms with van der Waals surface area (Å²) in [6.45, 7) is 1.54. The summed E-state index contributed by atoms with van der Waals surface area (Å²) in [5.41, 5.74) is 7.78. The fourth-order valence-corrected chi connectivity index (χ4v) is 5.49. The zero-order valence-electron chi connectivity index (χ0n) is 16.6. The van der Waals surface area contributed by atoms with Crippen molar-refractivity contribution in [3.05, 3.63) is 35.4 Å². The molecule has 4 aliphatic rings. The molecule has 6 atom stereocenters. The second-order valence-corrected chi connectivity index (χ2v) is 8.93. The maximum Gasteiger partial charge on any atom is 0.242 e. The van der Waals surface area contributed by atoms with Gasteiger partial charge in [0.05, 0.1) is 29.8 Å². The molecule has 8 nitrogen and oxygen atoms in total. The van der Waals surface area contributed by atoms with Gasteiger partial charge in [-0.1, -0.05) is 12.1 Å². The Kier molecular flexibility index (Phi) is 4.50. The number of piperidine rings is 1. The zero-order valence-corrected chi connectivity index (χ0v) is 16.6. The van der Waals surface area contributed by atoms with Gasteiger partial charge in [-0.25, -0.2) is 0 Å². The monoisotopic (exact) mass is 404 g/mol. The summed E-state index contributed by atoms with van der Waals surface area (Å²) >= 11 is 0. The number of carbonyl (C=O) groups is 2. The van der Waals surface area contributed by atoms with E-state index in [2.05, 4.69) is 12.1 Å². The Hall–Kier alpha value is -2.94. The molecule has 3 heterocycles. The number of benzene rings is 1. The van der Waals surface area contributed by atoms with Crippen LogP contribution in [0.1, 0.15) is 30.4 Å². The first-order valence-electron chi connectivity index (χ1n) is 10.5. The van der Waals surface area contributed by atoms with Crippen molar-refractivity contribution < 1.29 is 9.59 Å². The third-order valence-electron chi connectivity index (χ3n) is 7.06. The Morgan fingerprint density at radius 2 is 2.10 bits per heavy atom. The smallest absolute Gasteiger partial charge is 0.242 e. The predicted molar refractivity (Wildman–Crippen MR) is 106 cm³/mol. The van der Waals surface area contributed by atoms with E-state index in [9.17, 15) is 14.9 Å². The molecule has 30 heavy (non-hydrogen) atoms. The second-order valence-electron chi connectivity index (χ2n) is 8.93. The number of nitriles is 2. The molecule has 1 aliphatic carbocycles. The Morgan fingerprint density at radius 1 is 1.27 bits per heavy atom. The number of nitrogens with two attached hydrogens (primary N) is 1. The summed E-state index contributed by atoms with van der Waals surface area (Å²) in [5, 5.41) is 18.4. The minimum absolute atomic E-state index is 0.0617. The van der Waals surface area contributed by atoms with Gasteiger partial charge < -0.3 is 15.5 Å². The molecule has 3 saturated heterocycles. The summed E-state index contributed by atoms with van der Waals surface area (Å²) < 4.78 is 0. The number of piperazine rings is 1. The van der Waals surface area contributed by atoms with Crippen molar-refractivity contribution in [1.29, 1.82) is 10.5 Å². The van der Waals surface area contributed by atoms with Gasteiger partial charge >= 0.3 is 0 Å².